The molecule has 2 heteroatoms. The van der Waals surface area contributed by atoms with E-state index in [1.165, 1.54) is 16.7 Å². The molecule has 1 aromatic heterocycles. The van der Waals surface area contributed by atoms with Crippen molar-refractivity contribution in [2.45, 2.75) is 52.5 Å². The number of rotatable bonds is 7. The van der Waals surface area contributed by atoms with Crippen molar-refractivity contribution in [1.82, 2.24) is 5.32 Å². The van der Waals surface area contributed by atoms with Gasteiger partial charge in [0.2, 0.25) is 0 Å². The summed E-state index contributed by atoms with van der Waals surface area (Å²) in [5.41, 5.74) is 4.04. The van der Waals surface area contributed by atoms with Gasteiger partial charge in [-0.3, -0.25) is 0 Å². The molecule has 0 saturated carbocycles. The molecule has 1 heterocycles. The van der Waals surface area contributed by atoms with Crippen LogP contribution in [0, 0.1) is 6.92 Å². The molecule has 0 aliphatic carbocycles. The van der Waals surface area contributed by atoms with Gasteiger partial charge in [0.1, 0.15) is 5.76 Å². The lowest BCUT2D eigenvalue weighted by atomic mass is 9.96. The van der Waals surface area contributed by atoms with E-state index in [1.54, 1.807) is 6.26 Å². The summed E-state index contributed by atoms with van der Waals surface area (Å²) in [6.45, 7) is 9.73. The van der Waals surface area contributed by atoms with Crippen molar-refractivity contribution < 1.29 is 4.42 Å². The maximum Gasteiger partial charge on any atom is 0.105 e. The first-order valence-electron chi connectivity index (χ1n) is 7.98. The average molecular weight is 285 g/mol. The lowest BCUT2D eigenvalue weighted by Crippen LogP contribution is -2.24. The number of hydrogen-bond donors (Lipinski definition) is 1. The average Bonchev–Trinajstić information content (AvgIpc) is 2.90. The lowest BCUT2D eigenvalue weighted by Gasteiger charge is -2.18. The van der Waals surface area contributed by atoms with Gasteiger partial charge in [-0.1, -0.05) is 45.0 Å². The van der Waals surface area contributed by atoms with Gasteiger partial charge in [0.25, 0.3) is 0 Å². The molecule has 2 rings (SSSR count). The Morgan fingerprint density at radius 3 is 2.33 bits per heavy atom. The molecule has 0 aliphatic heterocycles. The topological polar surface area (TPSA) is 25.2 Å². The number of furan rings is 1. The highest BCUT2D eigenvalue weighted by molar-refractivity contribution is 5.28. The van der Waals surface area contributed by atoms with Crippen LogP contribution in [0.4, 0.5) is 0 Å². The third-order valence-corrected chi connectivity index (χ3v) is 4.00. The number of nitrogens with one attached hydrogen (secondary N) is 1. The Balaban J connectivity index is 2.13. The normalized spacial score (nSPS) is 12.8. The Bertz CT molecular complexity index is 539. The molecule has 2 aromatic rings. The Morgan fingerprint density at radius 2 is 1.81 bits per heavy atom. The van der Waals surface area contributed by atoms with E-state index in [2.05, 4.69) is 56.4 Å². The minimum atomic E-state index is 0.327. The van der Waals surface area contributed by atoms with Crippen molar-refractivity contribution in [2.24, 2.45) is 0 Å². The maximum absolute atomic E-state index is 5.47. The monoisotopic (exact) mass is 285 g/mol. The van der Waals surface area contributed by atoms with Crippen LogP contribution in [0.5, 0.6) is 0 Å². The van der Waals surface area contributed by atoms with Crippen molar-refractivity contribution >= 4 is 0 Å². The molecule has 1 aromatic carbocycles. The van der Waals surface area contributed by atoms with Crippen molar-refractivity contribution in [3.8, 4) is 0 Å². The molecular weight excluding hydrogens is 258 g/mol. The first kappa shape index (κ1) is 15.8. The number of aryl methyl sites for hydroxylation is 1. The molecule has 0 saturated heterocycles. The first-order chi connectivity index (χ1) is 10.1. The van der Waals surface area contributed by atoms with Crippen LogP contribution in [-0.2, 0) is 6.42 Å². The van der Waals surface area contributed by atoms with Crippen molar-refractivity contribution in [2.75, 3.05) is 6.54 Å². The van der Waals surface area contributed by atoms with Crippen LogP contribution in [0.3, 0.4) is 0 Å². The van der Waals surface area contributed by atoms with Gasteiger partial charge in [0.05, 0.1) is 6.26 Å². The van der Waals surface area contributed by atoms with Crippen LogP contribution in [0.15, 0.2) is 41.0 Å². The van der Waals surface area contributed by atoms with E-state index in [0.717, 1.165) is 25.1 Å². The van der Waals surface area contributed by atoms with Crippen molar-refractivity contribution in [3.63, 3.8) is 0 Å². The summed E-state index contributed by atoms with van der Waals surface area (Å²) in [6.07, 6.45) is 3.92. The minimum Gasteiger partial charge on any atom is -0.469 e. The Hall–Kier alpha value is -1.54. The summed E-state index contributed by atoms with van der Waals surface area (Å²) in [5, 5.41) is 3.64. The third kappa shape index (κ3) is 4.21. The van der Waals surface area contributed by atoms with Gasteiger partial charge in [0.15, 0.2) is 0 Å². The minimum absolute atomic E-state index is 0.327. The van der Waals surface area contributed by atoms with E-state index in [-0.39, 0.29) is 0 Å². The summed E-state index contributed by atoms with van der Waals surface area (Å²) in [6, 6.07) is 11.4. The number of benzene rings is 1. The largest absolute Gasteiger partial charge is 0.469 e. The van der Waals surface area contributed by atoms with E-state index in [4.69, 9.17) is 4.42 Å². The van der Waals surface area contributed by atoms with Gasteiger partial charge >= 0.3 is 0 Å². The zero-order chi connectivity index (χ0) is 15.2. The quantitative estimate of drug-likeness (QED) is 0.775. The summed E-state index contributed by atoms with van der Waals surface area (Å²) >= 11 is 0. The molecule has 0 fully saturated rings. The van der Waals surface area contributed by atoms with Crippen LogP contribution in [0.25, 0.3) is 0 Å². The van der Waals surface area contributed by atoms with Crippen LogP contribution in [-0.4, -0.2) is 6.54 Å². The highest BCUT2D eigenvalue weighted by Gasteiger charge is 2.15. The fourth-order valence-electron chi connectivity index (χ4n) is 2.64. The second-order valence-electron chi connectivity index (χ2n) is 6.04. The van der Waals surface area contributed by atoms with Gasteiger partial charge in [-0.25, -0.2) is 0 Å². The molecule has 0 spiro atoms. The van der Waals surface area contributed by atoms with Crippen LogP contribution >= 0.6 is 0 Å². The van der Waals surface area contributed by atoms with E-state index in [9.17, 15) is 0 Å². The third-order valence-electron chi connectivity index (χ3n) is 4.00. The van der Waals surface area contributed by atoms with Crippen LogP contribution < -0.4 is 5.32 Å². The molecule has 0 aliphatic rings. The first-order valence-corrected chi connectivity index (χ1v) is 7.98. The standard InChI is InChI=1S/C19H27NO/c1-5-11-20-19(18-10-12-21-15(18)4)13-16-6-8-17(9-7-16)14(2)3/h6-10,12,14,19-20H,5,11,13H2,1-4H3. The van der Waals surface area contributed by atoms with E-state index in [1.807, 2.05) is 6.92 Å². The van der Waals surface area contributed by atoms with Gasteiger partial charge in [-0.2, -0.15) is 0 Å². The summed E-state index contributed by atoms with van der Waals surface area (Å²) in [7, 11) is 0. The molecule has 1 unspecified atom stereocenters. The zero-order valence-electron chi connectivity index (χ0n) is 13.6. The number of hydrogen-bond acceptors (Lipinski definition) is 2. The molecule has 0 amide bonds. The van der Waals surface area contributed by atoms with Crippen LogP contribution in [0.1, 0.15) is 61.6 Å². The summed E-state index contributed by atoms with van der Waals surface area (Å²) in [4.78, 5) is 0. The fourth-order valence-corrected chi connectivity index (χ4v) is 2.64. The Kier molecular flexibility index (Phi) is 5.63. The predicted octanol–water partition coefficient (Wildman–Crippen LogP) is 4.99. The van der Waals surface area contributed by atoms with Gasteiger partial charge in [-0.15, -0.1) is 0 Å². The van der Waals surface area contributed by atoms with Gasteiger partial charge < -0.3 is 9.73 Å². The van der Waals surface area contributed by atoms with Gasteiger partial charge in [-0.05, 0) is 49.4 Å². The highest BCUT2D eigenvalue weighted by Crippen LogP contribution is 2.24. The Labute approximate surface area is 128 Å². The smallest absolute Gasteiger partial charge is 0.105 e. The van der Waals surface area contributed by atoms with E-state index < -0.39 is 0 Å². The summed E-state index contributed by atoms with van der Waals surface area (Å²) < 4.78 is 5.47. The maximum atomic E-state index is 5.47. The fraction of sp³-hybridized carbons (Fsp3) is 0.474. The predicted molar refractivity (Wildman–Crippen MR) is 88.7 cm³/mol. The molecule has 1 atom stereocenters. The second-order valence-corrected chi connectivity index (χ2v) is 6.04. The molecular formula is C19H27NO. The SMILES string of the molecule is CCCNC(Cc1ccc(C(C)C)cc1)c1ccoc1C. The molecule has 21 heavy (non-hydrogen) atoms. The lowest BCUT2D eigenvalue weighted by molar-refractivity contribution is 0.494. The molecule has 0 radical (unpaired) electrons. The molecule has 2 nitrogen and oxygen atoms in total. The Morgan fingerprint density at radius 1 is 1.10 bits per heavy atom. The second kappa shape index (κ2) is 7.46. The van der Waals surface area contributed by atoms with Gasteiger partial charge in [0, 0.05) is 11.6 Å². The van der Waals surface area contributed by atoms with E-state index in [0.29, 0.717) is 12.0 Å². The molecule has 0 bridgehead atoms. The van der Waals surface area contributed by atoms with E-state index >= 15 is 0 Å². The highest BCUT2D eigenvalue weighted by atomic mass is 16.3. The van der Waals surface area contributed by atoms with Crippen molar-refractivity contribution in [1.29, 1.82) is 0 Å². The zero-order valence-corrected chi connectivity index (χ0v) is 13.6. The van der Waals surface area contributed by atoms with Crippen LogP contribution in [0.2, 0.25) is 0 Å². The molecule has 114 valence electrons. The van der Waals surface area contributed by atoms with Crippen molar-refractivity contribution in [3.05, 3.63) is 59.0 Å². The molecule has 1 N–H and O–H groups in total. The summed E-state index contributed by atoms with van der Waals surface area (Å²) in [5.74, 6) is 1.60.